The van der Waals surface area contributed by atoms with E-state index in [0.29, 0.717) is 13.0 Å². The number of hydrogen-bond donors (Lipinski definition) is 2. The number of carbonyl (C=O) groups excluding carboxylic acids is 1. The molecule has 0 radical (unpaired) electrons. The Hall–Kier alpha value is -1.85. The molecule has 4 rings (SSSR count). The average Bonchev–Trinajstić information content (AvgIpc) is 3.27. The third kappa shape index (κ3) is 5.61. The number of hydrogen-bond acceptors (Lipinski definition) is 3. The van der Waals surface area contributed by atoms with Gasteiger partial charge in [-0.15, -0.1) is 12.4 Å². The summed E-state index contributed by atoms with van der Waals surface area (Å²) in [6, 6.07) is 8.61. The number of likely N-dealkylation sites (N-methyl/N-ethyl adjacent to an activating group) is 1. The minimum atomic E-state index is 0. The molecule has 0 bridgehead atoms. The van der Waals surface area contributed by atoms with Gasteiger partial charge in [-0.3, -0.25) is 9.89 Å². The van der Waals surface area contributed by atoms with E-state index in [0.717, 1.165) is 49.5 Å². The third-order valence-corrected chi connectivity index (χ3v) is 6.27. The number of aromatic nitrogens is 2. The number of benzene rings is 1. The van der Waals surface area contributed by atoms with Crippen LogP contribution < -0.4 is 5.32 Å². The molecule has 158 valence electrons. The van der Waals surface area contributed by atoms with Crippen LogP contribution in [-0.2, 0) is 37.0 Å². The normalized spacial score (nSPS) is 18.6. The van der Waals surface area contributed by atoms with E-state index < -0.39 is 0 Å². The number of amides is 1. The Morgan fingerprint density at radius 1 is 1.14 bits per heavy atom. The summed E-state index contributed by atoms with van der Waals surface area (Å²) >= 11 is 0. The second-order valence-electron chi connectivity index (χ2n) is 8.49. The first-order valence-electron chi connectivity index (χ1n) is 10.8. The highest BCUT2D eigenvalue weighted by Crippen LogP contribution is 2.22. The zero-order chi connectivity index (χ0) is 19.3. The van der Waals surface area contributed by atoms with E-state index >= 15 is 0 Å². The lowest BCUT2D eigenvalue weighted by molar-refractivity contribution is -0.129. The SMILES string of the molecule is CN(Cc1n[nH]c2c1CCCCC2)C(=O)Cc1ccc(CC2CCNC2)cc1.Cl. The van der Waals surface area contributed by atoms with Crippen molar-refractivity contribution in [1.82, 2.24) is 20.4 Å². The van der Waals surface area contributed by atoms with Gasteiger partial charge in [-0.25, -0.2) is 0 Å². The number of aromatic amines is 1. The molecule has 0 spiro atoms. The largest absolute Gasteiger partial charge is 0.339 e. The maximum absolute atomic E-state index is 12.7. The van der Waals surface area contributed by atoms with Crippen LogP contribution in [0.15, 0.2) is 24.3 Å². The Balaban J connectivity index is 0.00000240. The van der Waals surface area contributed by atoms with E-state index in [1.54, 1.807) is 0 Å². The molecule has 2 heterocycles. The fourth-order valence-electron chi connectivity index (χ4n) is 4.49. The first kappa shape index (κ1) is 21.8. The van der Waals surface area contributed by atoms with Crippen LogP contribution >= 0.6 is 12.4 Å². The lowest BCUT2D eigenvalue weighted by atomic mass is 9.97. The quantitative estimate of drug-likeness (QED) is 0.709. The predicted octanol–water partition coefficient (Wildman–Crippen LogP) is 3.45. The van der Waals surface area contributed by atoms with Gasteiger partial charge in [0.2, 0.25) is 5.91 Å². The molecule has 2 aliphatic rings. The molecule has 1 aliphatic heterocycles. The van der Waals surface area contributed by atoms with Gasteiger partial charge in [-0.2, -0.15) is 5.10 Å². The van der Waals surface area contributed by atoms with E-state index in [-0.39, 0.29) is 18.3 Å². The van der Waals surface area contributed by atoms with Gasteiger partial charge in [0, 0.05) is 12.7 Å². The summed E-state index contributed by atoms with van der Waals surface area (Å²) < 4.78 is 0. The van der Waals surface area contributed by atoms with Gasteiger partial charge in [0.05, 0.1) is 18.7 Å². The molecule has 5 nitrogen and oxygen atoms in total. The van der Waals surface area contributed by atoms with Crippen molar-refractivity contribution in [3.05, 3.63) is 52.3 Å². The Morgan fingerprint density at radius 3 is 2.66 bits per heavy atom. The molecule has 1 amide bonds. The second kappa shape index (κ2) is 10.3. The Bertz CT molecular complexity index is 796. The molecular weight excluding hydrogens is 384 g/mol. The maximum atomic E-state index is 12.7. The number of carbonyl (C=O) groups is 1. The van der Waals surface area contributed by atoms with E-state index in [4.69, 9.17) is 0 Å². The summed E-state index contributed by atoms with van der Waals surface area (Å²) in [6.07, 6.45) is 8.76. The highest BCUT2D eigenvalue weighted by atomic mass is 35.5. The molecule has 6 heteroatoms. The van der Waals surface area contributed by atoms with Crippen LogP contribution in [0.4, 0.5) is 0 Å². The standard InChI is InChI=1S/C23H32N4O.ClH/c1-27(16-22-20-5-3-2-4-6-21(20)25-26-22)23(28)14-18-9-7-17(8-10-18)13-19-11-12-24-15-19;/h7-10,19,24H,2-6,11-16H2,1H3,(H,25,26);1H. The first-order chi connectivity index (χ1) is 13.7. The summed E-state index contributed by atoms with van der Waals surface area (Å²) in [5, 5.41) is 11.1. The van der Waals surface area contributed by atoms with Crippen LogP contribution in [-0.4, -0.2) is 41.1 Å². The van der Waals surface area contributed by atoms with E-state index in [9.17, 15) is 4.79 Å². The molecule has 1 unspecified atom stereocenters. The van der Waals surface area contributed by atoms with E-state index in [1.165, 1.54) is 42.5 Å². The van der Waals surface area contributed by atoms with E-state index in [2.05, 4.69) is 39.8 Å². The highest BCUT2D eigenvalue weighted by Gasteiger charge is 2.19. The van der Waals surface area contributed by atoms with Gasteiger partial charge in [0.15, 0.2) is 0 Å². The molecule has 29 heavy (non-hydrogen) atoms. The maximum Gasteiger partial charge on any atom is 0.227 e. The van der Waals surface area contributed by atoms with Crippen molar-refractivity contribution in [2.45, 2.75) is 57.9 Å². The molecule has 2 N–H and O–H groups in total. The molecule has 1 aromatic carbocycles. The number of fused-ring (bicyclic) bond motifs is 1. The lowest BCUT2D eigenvalue weighted by Crippen LogP contribution is -2.28. The molecule has 1 aliphatic carbocycles. The van der Waals surface area contributed by atoms with Crippen molar-refractivity contribution in [1.29, 1.82) is 0 Å². The van der Waals surface area contributed by atoms with Gasteiger partial charge >= 0.3 is 0 Å². The number of halogens is 1. The van der Waals surface area contributed by atoms with Crippen LogP contribution in [0.5, 0.6) is 0 Å². The van der Waals surface area contributed by atoms with Crippen molar-refractivity contribution < 1.29 is 4.79 Å². The van der Waals surface area contributed by atoms with Crippen LogP contribution in [0, 0.1) is 5.92 Å². The first-order valence-corrected chi connectivity index (χ1v) is 10.8. The number of nitrogens with zero attached hydrogens (tertiary/aromatic N) is 2. The zero-order valence-corrected chi connectivity index (χ0v) is 18.2. The molecule has 1 aromatic heterocycles. The fraction of sp³-hybridized carbons (Fsp3) is 0.565. The predicted molar refractivity (Wildman–Crippen MR) is 118 cm³/mol. The molecular formula is C23H33ClN4O. The molecule has 1 saturated heterocycles. The monoisotopic (exact) mass is 416 g/mol. The van der Waals surface area contributed by atoms with Gasteiger partial charge < -0.3 is 10.2 Å². The van der Waals surface area contributed by atoms with Crippen molar-refractivity contribution in [2.24, 2.45) is 5.92 Å². The van der Waals surface area contributed by atoms with E-state index in [1.807, 2.05) is 11.9 Å². The number of rotatable bonds is 6. The van der Waals surface area contributed by atoms with Gasteiger partial charge in [-0.1, -0.05) is 30.7 Å². The third-order valence-electron chi connectivity index (χ3n) is 6.27. The Kier molecular flexibility index (Phi) is 7.73. The van der Waals surface area contributed by atoms with Gasteiger partial charge in [0.1, 0.15) is 0 Å². The van der Waals surface area contributed by atoms with Crippen LogP contribution in [0.25, 0.3) is 0 Å². The number of aryl methyl sites for hydroxylation is 1. The topological polar surface area (TPSA) is 61.0 Å². The molecule has 1 atom stereocenters. The summed E-state index contributed by atoms with van der Waals surface area (Å²) in [7, 11) is 1.89. The minimum Gasteiger partial charge on any atom is -0.339 e. The number of H-pyrrole nitrogens is 1. The van der Waals surface area contributed by atoms with Gasteiger partial charge in [-0.05, 0) is 74.2 Å². The summed E-state index contributed by atoms with van der Waals surface area (Å²) in [6.45, 7) is 2.86. The Morgan fingerprint density at radius 2 is 1.90 bits per heavy atom. The fourth-order valence-corrected chi connectivity index (χ4v) is 4.49. The minimum absolute atomic E-state index is 0. The van der Waals surface area contributed by atoms with Crippen LogP contribution in [0.3, 0.4) is 0 Å². The molecule has 2 aromatic rings. The molecule has 1 fully saturated rings. The second-order valence-corrected chi connectivity index (χ2v) is 8.49. The van der Waals surface area contributed by atoms with Crippen LogP contribution in [0.1, 0.15) is 53.8 Å². The average molecular weight is 417 g/mol. The number of nitrogens with one attached hydrogen (secondary N) is 2. The summed E-state index contributed by atoms with van der Waals surface area (Å²) in [5.74, 6) is 0.903. The summed E-state index contributed by atoms with van der Waals surface area (Å²) in [4.78, 5) is 14.5. The molecule has 0 saturated carbocycles. The zero-order valence-electron chi connectivity index (χ0n) is 17.4. The lowest BCUT2D eigenvalue weighted by Gasteiger charge is -2.17. The van der Waals surface area contributed by atoms with Gasteiger partial charge in [0.25, 0.3) is 0 Å². The summed E-state index contributed by atoms with van der Waals surface area (Å²) in [5.41, 5.74) is 6.14. The van der Waals surface area contributed by atoms with Crippen molar-refractivity contribution in [3.63, 3.8) is 0 Å². The van der Waals surface area contributed by atoms with Crippen molar-refractivity contribution in [3.8, 4) is 0 Å². The Labute approximate surface area is 180 Å². The van der Waals surface area contributed by atoms with Crippen molar-refractivity contribution in [2.75, 3.05) is 20.1 Å². The van der Waals surface area contributed by atoms with Crippen LogP contribution in [0.2, 0.25) is 0 Å². The highest BCUT2D eigenvalue weighted by molar-refractivity contribution is 5.85. The van der Waals surface area contributed by atoms with Crippen molar-refractivity contribution >= 4 is 18.3 Å². The smallest absolute Gasteiger partial charge is 0.227 e.